The van der Waals surface area contributed by atoms with Gasteiger partial charge in [-0.3, -0.25) is 0 Å². The van der Waals surface area contributed by atoms with Crippen LogP contribution in [0.2, 0.25) is 0 Å². The van der Waals surface area contributed by atoms with Gasteiger partial charge in [0.2, 0.25) is 5.88 Å². The van der Waals surface area contributed by atoms with Crippen molar-refractivity contribution in [2.24, 2.45) is 0 Å². The zero-order valence-electron chi connectivity index (χ0n) is 10.9. The number of epoxide rings is 1. The molecular formula is C15H12Cl3NO2. The van der Waals surface area contributed by atoms with Crippen LogP contribution in [0.4, 0.5) is 0 Å². The molecule has 1 saturated heterocycles. The Balaban J connectivity index is 1.81. The summed E-state index contributed by atoms with van der Waals surface area (Å²) in [6.07, 6.45) is 1.98. The van der Waals surface area contributed by atoms with Gasteiger partial charge in [-0.15, -0.1) is 0 Å². The van der Waals surface area contributed by atoms with Gasteiger partial charge in [-0.1, -0.05) is 53.0 Å². The molecule has 1 aromatic heterocycles. The first-order valence-corrected chi connectivity index (χ1v) is 7.50. The largest absolute Gasteiger partial charge is 0.439 e. The van der Waals surface area contributed by atoms with E-state index in [4.69, 9.17) is 44.3 Å². The fourth-order valence-electron chi connectivity index (χ4n) is 2.15. The smallest absolute Gasteiger partial charge is 0.219 e. The van der Waals surface area contributed by atoms with Gasteiger partial charge < -0.3 is 9.47 Å². The predicted molar refractivity (Wildman–Crippen MR) is 83.3 cm³/mol. The Bertz CT molecular complexity index is 624. The van der Waals surface area contributed by atoms with Crippen LogP contribution in [0.25, 0.3) is 0 Å². The Hall–Kier alpha value is -1.00. The quantitative estimate of drug-likeness (QED) is 0.587. The van der Waals surface area contributed by atoms with E-state index in [0.717, 1.165) is 5.56 Å². The Morgan fingerprint density at radius 1 is 1.19 bits per heavy atom. The molecule has 0 bridgehead atoms. The summed E-state index contributed by atoms with van der Waals surface area (Å²) in [6, 6.07) is 13.0. The minimum atomic E-state index is -1.35. The molecule has 6 heteroatoms. The van der Waals surface area contributed by atoms with Crippen LogP contribution in [0.15, 0.2) is 48.7 Å². The van der Waals surface area contributed by atoms with Crippen LogP contribution in [-0.2, 0) is 10.3 Å². The number of hydrogen-bond acceptors (Lipinski definition) is 3. The molecule has 1 aliphatic heterocycles. The predicted octanol–water partition coefficient (Wildman–Crippen LogP) is 4.86. The topological polar surface area (TPSA) is 34.6 Å². The number of halogens is 3. The van der Waals surface area contributed by atoms with Gasteiger partial charge in [0, 0.05) is 18.7 Å². The van der Waals surface area contributed by atoms with E-state index >= 15 is 0 Å². The standard InChI is InChI=1S/C15H12Cl3NO2/c16-15(17,18)9-14(10-20-14)11-4-3-5-12(8-11)21-13-6-1-2-7-19-13/h1-8H,9-10H2. The highest BCUT2D eigenvalue weighted by Crippen LogP contribution is 2.50. The van der Waals surface area contributed by atoms with Crippen LogP contribution in [0.1, 0.15) is 12.0 Å². The number of rotatable bonds is 4. The normalized spacial score (nSPS) is 21.1. The third-order valence-corrected chi connectivity index (χ3v) is 3.60. The molecule has 2 heterocycles. The van der Waals surface area contributed by atoms with Crippen molar-refractivity contribution in [3.63, 3.8) is 0 Å². The van der Waals surface area contributed by atoms with Crippen molar-refractivity contribution in [2.45, 2.75) is 15.8 Å². The first-order valence-electron chi connectivity index (χ1n) is 6.37. The SMILES string of the molecule is ClC(Cl)(Cl)CC1(c2cccc(Oc3ccccn3)c2)CO1. The monoisotopic (exact) mass is 343 g/mol. The second-order valence-electron chi connectivity index (χ2n) is 4.87. The number of nitrogens with zero attached hydrogens (tertiary/aromatic N) is 1. The first kappa shape index (κ1) is 14.9. The number of hydrogen-bond donors (Lipinski definition) is 0. The van der Waals surface area contributed by atoms with Crippen LogP contribution in [0.3, 0.4) is 0 Å². The number of pyridine rings is 1. The van der Waals surface area contributed by atoms with Gasteiger partial charge in [0.25, 0.3) is 0 Å². The molecule has 0 aliphatic carbocycles. The molecule has 3 nitrogen and oxygen atoms in total. The highest BCUT2D eigenvalue weighted by molar-refractivity contribution is 6.67. The van der Waals surface area contributed by atoms with E-state index in [1.54, 1.807) is 12.3 Å². The van der Waals surface area contributed by atoms with Crippen LogP contribution < -0.4 is 4.74 Å². The molecule has 1 fully saturated rings. The molecule has 1 unspecified atom stereocenters. The molecule has 21 heavy (non-hydrogen) atoms. The van der Waals surface area contributed by atoms with Gasteiger partial charge in [0.15, 0.2) is 3.79 Å². The number of benzene rings is 1. The van der Waals surface area contributed by atoms with Crippen molar-refractivity contribution in [3.8, 4) is 11.6 Å². The molecule has 0 amide bonds. The molecule has 0 saturated carbocycles. The molecule has 110 valence electrons. The lowest BCUT2D eigenvalue weighted by Gasteiger charge is -2.18. The zero-order valence-corrected chi connectivity index (χ0v) is 13.2. The van der Waals surface area contributed by atoms with Crippen LogP contribution in [-0.4, -0.2) is 15.4 Å². The van der Waals surface area contributed by atoms with E-state index < -0.39 is 9.39 Å². The summed E-state index contributed by atoms with van der Waals surface area (Å²) < 4.78 is 9.89. The second kappa shape index (κ2) is 5.65. The molecule has 0 radical (unpaired) electrons. The fraction of sp³-hybridized carbons (Fsp3) is 0.267. The van der Waals surface area contributed by atoms with E-state index in [0.29, 0.717) is 24.7 Å². The van der Waals surface area contributed by atoms with Crippen LogP contribution >= 0.6 is 34.8 Å². The summed E-state index contributed by atoms with van der Waals surface area (Å²) in [5, 5.41) is 0. The highest BCUT2D eigenvalue weighted by atomic mass is 35.6. The van der Waals surface area contributed by atoms with E-state index in [1.807, 2.05) is 36.4 Å². The molecule has 1 atom stereocenters. The lowest BCUT2D eigenvalue weighted by Crippen LogP contribution is -2.18. The Kier molecular flexibility index (Phi) is 4.02. The van der Waals surface area contributed by atoms with Crippen LogP contribution in [0, 0.1) is 0 Å². The Labute approximate surface area is 137 Å². The van der Waals surface area contributed by atoms with Crippen molar-refractivity contribution < 1.29 is 9.47 Å². The van der Waals surface area contributed by atoms with Crippen molar-refractivity contribution in [1.82, 2.24) is 4.98 Å². The van der Waals surface area contributed by atoms with Crippen molar-refractivity contribution in [1.29, 1.82) is 0 Å². The average Bonchev–Trinajstić information content (AvgIpc) is 3.19. The maximum Gasteiger partial charge on any atom is 0.219 e. The second-order valence-corrected chi connectivity index (χ2v) is 7.39. The molecule has 3 rings (SSSR count). The third-order valence-electron chi connectivity index (χ3n) is 3.20. The van der Waals surface area contributed by atoms with E-state index in [9.17, 15) is 0 Å². The van der Waals surface area contributed by atoms with E-state index in [1.165, 1.54) is 0 Å². The summed E-state index contributed by atoms with van der Waals surface area (Å²) in [7, 11) is 0. The summed E-state index contributed by atoms with van der Waals surface area (Å²) >= 11 is 17.7. The van der Waals surface area contributed by atoms with Gasteiger partial charge in [-0.05, 0) is 23.8 Å². The minimum absolute atomic E-state index is 0.303. The summed E-state index contributed by atoms with van der Waals surface area (Å²) in [6.45, 7) is 0.536. The first-order chi connectivity index (χ1) is 9.97. The third kappa shape index (κ3) is 3.80. The molecule has 1 aromatic carbocycles. The van der Waals surface area contributed by atoms with Gasteiger partial charge in [-0.2, -0.15) is 0 Å². The minimum Gasteiger partial charge on any atom is -0.439 e. The molecule has 0 N–H and O–H groups in total. The average molecular weight is 345 g/mol. The van der Waals surface area contributed by atoms with Gasteiger partial charge in [0.05, 0.1) is 6.61 Å². The van der Waals surface area contributed by atoms with Gasteiger partial charge in [0.1, 0.15) is 11.4 Å². The van der Waals surface area contributed by atoms with E-state index in [2.05, 4.69) is 4.98 Å². The molecular weight excluding hydrogens is 333 g/mol. The summed E-state index contributed by atoms with van der Waals surface area (Å²) in [5.74, 6) is 1.20. The lowest BCUT2D eigenvalue weighted by molar-refractivity contribution is 0.294. The highest BCUT2D eigenvalue weighted by Gasteiger charge is 2.51. The summed E-state index contributed by atoms with van der Waals surface area (Å²) in [5.41, 5.74) is 0.400. The number of alkyl halides is 3. The van der Waals surface area contributed by atoms with Crippen molar-refractivity contribution in [2.75, 3.05) is 6.61 Å². The molecule has 0 spiro atoms. The summed E-state index contributed by atoms with van der Waals surface area (Å²) in [4.78, 5) is 4.12. The van der Waals surface area contributed by atoms with Crippen molar-refractivity contribution >= 4 is 34.8 Å². The molecule has 2 aromatic rings. The van der Waals surface area contributed by atoms with Gasteiger partial charge >= 0.3 is 0 Å². The lowest BCUT2D eigenvalue weighted by atomic mass is 9.97. The fourth-order valence-corrected chi connectivity index (χ4v) is 2.80. The zero-order chi connectivity index (χ0) is 14.9. The van der Waals surface area contributed by atoms with Crippen LogP contribution in [0.5, 0.6) is 11.6 Å². The number of ether oxygens (including phenoxy) is 2. The maximum atomic E-state index is 5.89. The molecule has 1 aliphatic rings. The maximum absolute atomic E-state index is 5.89. The van der Waals surface area contributed by atoms with E-state index in [-0.39, 0.29) is 0 Å². The Morgan fingerprint density at radius 3 is 2.62 bits per heavy atom. The number of aromatic nitrogens is 1. The Morgan fingerprint density at radius 2 is 2.00 bits per heavy atom. The van der Waals surface area contributed by atoms with Crippen molar-refractivity contribution in [3.05, 3.63) is 54.2 Å². The van der Waals surface area contributed by atoms with Gasteiger partial charge in [-0.25, -0.2) is 4.98 Å².